The minimum absolute atomic E-state index is 0.0000759. The average Bonchev–Trinajstić information content (AvgIpc) is 2.58. The van der Waals surface area contributed by atoms with Crippen LogP contribution in [0.3, 0.4) is 0 Å². The van der Waals surface area contributed by atoms with E-state index < -0.39 is 0 Å². The van der Waals surface area contributed by atoms with E-state index in [2.05, 4.69) is 4.98 Å². The van der Waals surface area contributed by atoms with E-state index in [9.17, 15) is 4.79 Å². The van der Waals surface area contributed by atoms with E-state index in [1.54, 1.807) is 38.7 Å². The predicted molar refractivity (Wildman–Crippen MR) is 89.4 cm³/mol. The number of Topliss-reactive ketones (excluding diaryl/α,β-unsaturated/α-hetero) is 1. The molecule has 0 amide bonds. The van der Waals surface area contributed by atoms with Gasteiger partial charge in [0.2, 0.25) is 0 Å². The third-order valence-electron chi connectivity index (χ3n) is 3.94. The molecule has 2 aromatic rings. The molecule has 0 atom stereocenters. The van der Waals surface area contributed by atoms with E-state index in [4.69, 9.17) is 21.1 Å². The molecule has 3 rings (SSSR count). The molecule has 0 N–H and O–H groups in total. The molecule has 1 aliphatic rings. The molecule has 0 spiro atoms. The minimum Gasteiger partial charge on any atom is -0.493 e. The number of hydrogen-bond acceptors (Lipinski definition) is 4. The largest absolute Gasteiger partial charge is 0.493 e. The van der Waals surface area contributed by atoms with E-state index in [1.807, 2.05) is 12.1 Å². The first-order valence-electron chi connectivity index (χ1n) is 7.23. The number of carbonyl (C=O) groups excluding carboxylic acids is 1. The van der Waals surface area contributed by atoms with Crippen molar-refractivity contribution in [1.82, 2.24) is 4.98 Å². The van der Waals surface area contributed by atoms with Crippen LogP contribution in [0.1, 0.15) is 27.9 Å². The molecule has 1 aromatic heterocycles. The number of aryl methyl sites for hydroxylation is 1. The van der Waals surface area contributed by atoms with E-state index in [1.165, 1.54) is 0 Å². The Morgan fingerprint density at radius 2 is 1.91 bits per heavy atom. The SMILES string of the molecule is COc1cc2c(cc1OC)C(=O)C(=Cc1ccncc1Cl)CC2. The molecule has 5 heteroatoms. The summed E-state index contributed by atoms with van der Waals surface area (Å²) in [5, 5.41) is 0.533. The molecule has 0 saturated heterocycles. The van der Waals surface area contributed by atoms with E-state index in [-0.39, 0.29) is 5.78 Å². The lowest BCUT2D eigenvalue weighted by atomic mass is 9.85. The smallest absolute Gasteiger partial charge is 0.189 e. The number of pyridine rings is 1. The van der Waals surface area contributed by atoms with Gasteiger partial charge in [0.15, 0.2) is 17.3 Å². The van der Waals surface area contributed by atoms with Crippen molar-refractivity contribution in [3.05, 3.63) is 57.9 Å². The summed E-state index contributed by atoms with van der Waals surface area (Å²) in [5.74, 6) is 1.20. The maximum atomic E-state index is 12.8. The van der Waals surface area contributed by atoms with Gasteiger partial charge in [-0.3, -0.25) is 9.78 Å². The Hall–Kier alpha value is -2.33. The van der Waals surface area contributed by atoms with Gasteiger partial charge in [-0.05, 0) is 48.2 Å². The predicted octanol–water partition coefficient (Wildman–Crippen LogP) is 3.96. The normalized spacial score (nSPS) is 15.4. The second-order valence-corrected chi connectivity index (χ2v) is 5.67. The number of hydrogen-bond donors (Lipinski definition) is 0. The van der Waals surface area contributed by atoms with Crippen LogP contribution in [0.4, 0.5) is 0 Å². The number of allylic oxidation sites excluding steroid dienone is 1. The highest BCUT2D eigenvalue weighted by Crippen LogP contribution is 2.36. The Balaban J connectivity index is 2.02. The Morgan fingerprint density at radius 3 is 2.61 bits per heavy atom. The number of nitrogens with zero attached hydrogens (tertiary/aromatic N) is 1. The van der Waals surface area contributed by atoms with E-state index in [0.717, 1.165) is 23.1 Å². The van der Waals surface area contributed by atoms with Gasteiger partial charge in [-0.1, -0.05) is 11.6 Å². The lowest BCUT2D eigenvalue weighted by molar-refractivity contribution is 0.102. The Morgan fingerprint density at radius 1 is 1.17 bits per heavy atom. The third-order valence-corrected chi connectivity index (χ3v) is 4.26. The summed E-state index contributed by atoms with van der Waals surface area (Å²) in [6.07, 6.45) is 6.51. The molecule has 0 unspecified atom stereocenters. The van der Waals surface area contributed by atoms with Gasteiger partial charge in [0.1, 0.15) is 0 Å². The standard InChI is InChI=1S/C18H16ClNO3/c1-22-16-8-11-3-4-13(7-12-5-6-20-10-15(12)19)18(21)14(11)9-17(16)23-2/h5-10H,3-4H2,1-2H3. The number of ether oxygens (including phenoxy) is 2. The highest BCUT2D eigenvalue weighted by Gasteiger charge is 2.24. The van der Waals surface area contributed by atoms with Crippen LogP contribution in [0.25, 0.3) is 6.08 Å². The van der Waals surface area contributed by atoms with Crippen LogP contribution < -0.4 is 9.47 Å². The quantitative estimate of drug-likeness (QED) is 0.800. The fourth-order valence-electron chi connectivity index (χ4n) is 2.72. The van der Waals surface area contributed by atoms with Crippen molar-refractivity contribution >= 4 is 23.5 Å². The molecule has 1 heterocycles. The molecule has 0 fully saturated rings. The van der Waals surface area contributed by atoms with E-state index in [0.29, 0.717) is 28.5 Å². The van der Waals surface area contributed by atoms with Crippen molar-refractivity contribution < 1.29 is 14.3 Å². The Kier molecular flexibility index (Phi) is 4.35. The molecule has 4 nitrogen and oxygen atoms in total. The first-order valence-corrected chi connectivity index (χ1v) is 7.61. The van der Waals surface area contributed by atoms with Gasteiger partial charge in [0.25, 0.3) is 0 Å². The summed E-state index contributed by atoms with van der Waals surface area (Å²) in [6, 6.07) is 5.42. The molecule has 1 aliphatic carbocycles. The lowest BCUT2D eigenvalue weighted by Gasteiger charge is -2.20. The zero-order valence-corrected chi connectivity index (χ0v) is 13.7. The number of fused-ring (bicyclic) bond motifs is 1. The molecule has 0 radical (unpaired) electrons. The van der Waals surface area contributed by atoms with Crippen LogP contribution in [0.2, 0.25) is 5.02 Å². The van der Waals surface area contributed by atoms with Crippen molar-refractivity contribution in [2.45, 2.75) is 12.8 Å². The molecule has 118 valence electrons. The number of halogens is 1. The summed E-state index contributed by atoms with van der Waals surface area (Å²) < 4.78 is 10.6. The van der Waals surface area contributed by atoms with E-state index >= 15 is 0 Å². The van der Waals surface area contributed by atoms with Crippen molar-refractivity contribution in [2.24, 2.45) is 0 Å². The van der Waals surface area contributed by atoms with Gasteiger partial charge in [-0.15, -0.1) is 0 Å². The number of rotatable bonds is 3. The molecular weight excluding hydrogens is 314 g/mol. The fourth-order valence-corrected chi connectivity index (χ4v) is 2.90. The first kappa shape index (κ1) is 15.6. The van der Waals surface area contributed by atoms with Crippen LogP contribution in [0, 0.1) is 0 Å². The highest BCUT2D eigenvalue weighted by atomic mass is 35.5. The van der Waals surface area contributed by atoms with Crippen LogP contribution in [-0.2, 0) is 6.42 Å². The minimum atomic E-state index is 0.0000759. The molecule has 0 aliphatic heterocycles. The van der Waals surface area contributed by atoms with Gasteiger partial charge < -0.3 is 9.47 Å². The average molecular weight is 330 g/mol. The van der Waals surface area contributed by atoms with Gasteiger partial charge >= 0.3 is 0 Å². The molecule has 23 heavy (non-hydrogen) atoms. The van der Waals surface area contributed by atoms with Crippen LogP contribution >= 0.6 is 11.6 Å². The van der Waals surface area contributed by atoms with Crippen molar-refractivity contribution in [1.29, 1.82) is 0 Å². The molecular formula is C18H16ClNO3. The Bertz CT molecular complexity index is 799. The van der Waals surface area contributed by atoms with Crippen LogP contribution in [-0.4, -0.2) is 25.0 Å². The molecule has 1 aromatic carbocycles. The number of ketones is 1. The van der Waals surface area contributed by atoms with Gasteiger partial charge in [0.05, 0.1) is 19.2 Å². The molecule has 0 bridgehead atoms. The van der Waals surface area contributed by atoms with Crippen LogP contribution in [0.15, 0.2) is 36.2 Å². The lowest BCUT2D eigenvalue weighted by Crippen LogP contribution is -2.14. The summed E-state index contributed by atoms with van der Waals surface area (Å²) in [6.45, 7) is 0. The van der Waals surface area contributed by atoms with Crippen LogP contribution in [0.5, 0.6) is 11.5 Å². The number of aromatic nitrogens is 1. The summed E-state index contributed by atoms with van der Waals surface area (Å²) in [4.78, 5) is 16.7. The number of carbonyl (C=O) groups is 1. The molecule has 0 saturated carbocycles. The van der Waals surface area contributed by atoms with Gasteiger partial charge in [-0.2, -0.15) is 0 Å². The number of methoxy groups -OCH3 is 2. The monoisotopic (exact) mass is 329 g/mol. The summed E-state index contributed by atoms with van der Waals surface area (Å²) in [5.41, 5.74) is 3.17. The first-order chi connectivity index (χ1) is 11.1. The maximum absolute atomic E-state index is 12.8. The Labute approximate surface area is 139 Å². The van der Waals surface area contributed by atoms with Crippen molar-refractivity contribution in [2.75, 3.05) is 14.2 Å². The van der Waals surface area contributed by atoms with Gasteiger partial charge in [0, 0.05) is 23.5 Å². The third kappa shape index (κ3) is 2.94. The second kappa shape index (κ2) is 6.42. The van der Waals surface area contributed by atoms with Crippen molar-refractivity contribution in [3.8, 4) is 11.5 Å². The fraction of sp³-hybridized carbons (Fsp3) is 0.222. The summed E-state index contributed by atoms with van der Waals surface area (Å²) in [7, 11) is 3.15. The number of benzene rings is 1. The summed E-state index contributed by atoms with van der Waals surface area (Å²) >= 11 is 6.12. The second-order valence-electron chi connectivity index (χ2n) is 5.26. The van der Waals surface area contributed by atoms with Crippen molar-refractivity contribution in [3.63, 3.8) is 0 Å². The zero-order valence-electron chi connectivity index (χ0n) is 12.9. The topological polar surface area (TPSA) is 48.4 Å². The zero-order chi connectivity index (χ0) is 16.4. The maximum Gasteiger partial charge on any atom is 0.189 e. The van der Waals surface area contributed by atoms with Gasteiger partial charge in [-0.25, -0.2) is 0 Å². The highest BCUT2D eigenvalue weighted by molar-refractivity contribution is 6.32.